The van der Waals surface area contributed by atoms with Crippen LogP contribution >= 0.6 is 0 Å². The molecule has 0 atom stereocenters. The first-order chi connectivity index (χ1) is 11.1. The fourth-order valence-corrected chi connectivity index (χ4v) is 7.07. The number of nitrogen functional groups attached to an aromatic ring is 2. The lowest BCUT2D eigenvalue weighted by Crippen LogP contribution is -2.33. The van der Waals surface area contributed by atoms with Crippen molar-refractivity contribution in [3.8, 4) is 0 Å². The van der Waals surface area contributed by atoms with Crippen molar-refractivity contribution in [2.45, 2.75) is 50.9 Å². The lowest BCUT2D eigenvalue weighted by molar-refractivity contribution is 0.978. The predicted molar refractivity (Wildman–Crippen MR) is 105 cm³/mol. The van der Waals surface area contributed by atoms with E-state index in [1.165, 1.54) is 48.1 Å². The minimum Gasteiger partial charge on any atom is -0.399 e. The highest BCUT2D eigenvalue weighted by Gasteiger charge is 2.27. The highest BCUT2D eigenvalue weighted by Crippen LogP contribution is 2.29. The van der Waals surface area contributed by atoms with Gasteiger partial charge in [-0.25, -0.2) is 0 Å². The van der Waals surface area contributed by atoms with Gasteiger partial charge in [0.2, 0.25) is 0 Å². The molecule has 0 heterocycles. The summed E-state index contributed by atoms with van der Waals surface area (Å²) in [7, 11) is -1.20. The van der Waals surface area contributed by atoms with Crippen LogP contribution in [0.25, 0.3) is 0 Å². The molecule has 2 nitrogen and oxygen atoms in total. The summed E-state index contributed by atoms with van der Waals surface area (Å²) in [5.41, 5.74) is 16.1. The van der Waals surface area contributed by atoms with Crippen molar-refractivity contribution in [1.82, 2.24) is 0 Å². The number of benzene rings is 2. The molecule has 2 aromatic carbocycles. The maximum Gasteiger partial charge on any atom is 0.0536 e. The molecule has 3 heteroatoms. The molecule has 23 heavy (non-hydrogen) atoms. The zero-order valence-corrected chi connectivity index (χ0v) is 15.5. The Hall–Kier alpha value is -1.74. The van der Waals surface area contributed by atoms with E-state index in [9.17, 15) is 0 Å². The van der Waals surface area contributed by atoms with Crippen LogP contribution in [0.1, 0.15) is 25.0 Å². The molecule has 0 aliphatic carbocycles. The maximum absolute atomic E-state index is 5.78. The van der Waals surface area contributed by atoms with Crippen molar-refractivity contribution >= 4 is 19.4 Å². The van der Waals surface area contributed by atoms with Gasteiger partial charge in [0.05, 0.1) is 8.07 Å². The van der Waals surface area contributed by atoms with Gasteiger partial charge in [-0.3, -0.25) is 0 Å². The third-order valence-corrected chi connectivity index (χ3v) is 11.0. The largest absolute Gasteiger partial charge is 0.399 e. The number of nitrogens with two attached hydrogens (primary N) is 2. The molecule has 2 aromatic rings. The Labute approximate surface area is 141 Å². The van der Waals surface area contributed by atoms with E-state index in [1.807, 2.05) is 24.3 Å². The van der Waals surface area contributed by atoms with E-state index in [0.717, 1.165) is 11.4 Å². The van der Waals surface area contributed by atoms with E-state index in [-0.39, 0.29) is 0 Å². The summed E-state index contributed by atoms with van der Waals surface area (Å²) in [5.74, 6) is 0. The Bertz CT molecular complexity index is 535. The average molecular weight is 327 g/mol. The monoisotopic (exact) mass is 326 g/mol. The van der Waals surface area contributed by atoms with Gasteiger partial charge >= 0.3 is 0 Å². The van der Waals surface area contributed by atoms with Crippen LogP contribution in [0.3, 0.4) is 0 Å². The fourth-order valence-electron chi connectivity index (χ4n) is 3.27. The second kappa shape index (κ2) is 8.21. The van der Waals surface area contributed by atoms with E-state index in [1.54, 1.807) is 0 Å². The van der Waals surface area contributed by atoms with Crippen LogP contribution in [0.15, 0.2) is 48.5 Å². The molecule has 0 saturated carbocycles. The second-order valence-electron chi connectivity index (χ2n) is 6.69. The van der Waals surface area contributed by atoms with Gasteiger partial charge in [0, 0.05) is 11.4 Å². The molecule has 0 radical (unpaired) electrons. The van der Waals surface area contributed by atoms with Gasteiger partial charge in [0.25, 0.3) is 0 Å². The van der Waals surface area contributed by atoms with Crippen LogP contribution in [-0.4, -0.2) is 8.07 Å². The number of anilines is 2. The molecule has 0 bridgehead atoms. The first kappa shape index (κ1) is 17.6. The molecular weight excluding hydrogens is 296 g/mol. The van der Waals surface area contributed by atoms with Crippen molar-refractivity contribution < 1.29 is 0 Å². The summed E-state index contributed by atoms with van der Waals surface area (Å²) < 4.78 is 0. The van der Waals surface area contributed by atoms with Crippen LogP contribution in [0, 0.1) is 0 Å². The molecule has 4 N–H and O–H groups in total. The van der Waals surface area contributed by atoms with Gasteiger partial charge in [-0.05, 0) is 48.2 Å². The van der Waals surface area contributed by atoms with Crippen LogP contribution in [0.2, 0.25) is 24.2 Å². The molecule has 0 spiro atoms. The minimum atomic E-state index is -1.20. The molecular formula is C20H30N2Si. The van der Waals surface area contributed by atoms with Crippen LogP contribution < -0.4 is 11.5 Å². The van der Waals surface area contributed by atoms with Crippen molar-refractivity contribution in [2.24, 2.45) is 0 Å². The highest BCUT2D eigenvalue weighted by molar-refractivity contribution is 6.79. The number of aryl methyl sites for hydroxylation is 2. The van der Waals surface area contributed by atoms with Gasteiger partial charge in [-0.2, -0.15) is 0 Å². The summed E-state index contributed by atoms with van der Waals surface area (Å²) in [6.45, 7) is 4.78. The Balaban J connectivity index is 1.97. The molecule has 124 valence electrons. The number of rotatable bonds is 8. The molecule has 2 rings (SSSR count). The molecule has 0 fully saturated rings. The molecule has 0 aliphatic rings. The van der Waals surface area contributed by atoms with Gasteiger partial charge < -0.3 is 11.5 Å². The second-order valence-corrected chi connectivity index (χ2v) is 12.1. The third-order valence-electron chi connectivity index (χ3n) is 5.35. The summed E-state index contributed by atoms with van der Waals surface area (Å²) >= 11 is 0. The Morgan fingerprint density at radius 1 is 0.652 bits per heavy atom. The first-order valence-corrected chi connectivity index (χ1v) is 11.6. The quantitative estimate of drug-likeness (QED) is 0.522. The Kier molecular flexibility index (Phi) is 6.28. The van der Waals surface area contributed by atoms with Gasteiger partial charge in [-0.15, -0.1) is 0 Å². The van der Waals surface area contributed by atoms with Gasteiger partial charge in [0.1, 0.15) is 0 Å². The summed E-state index contributed by atoms with van der Waals surface area (Å²) in [6.07, 6.45) is 2.38. The normalized spacial score (nSPS) is 11.6. The smallest absolute Gasteiger partial charge is 0.0536 e. The van der Waals surface area contributed by atoms with Crippen molar-refractivity contribution in [2.75, 3.05) is 11.5 Å². The minimum absolute atomic E-state index is 0.853. The van der Waals surface area contributed by atoms with E-state index >= 15 is 0 Å². The molecule has 0 aliphatic heterocycles. The summed E-state index contributed by atoms with van der Waals surface area (Å²) in [5, 5.41) is 0. The SMILES string of the molecule is CC[Si](CC)(CCc1ccc(N)cc1)CCc1ccc(N)cc1. The molecule has 0 saturated heterocycles. The zero-order chi connectivity index (χ0) is 16.7. The van der Waals surface area contributed by atoms with Gasteiger partial charge in [0.15, 0.2) is 0 Å². The van der Waals surface area contributed by atoms with Crippen LogP contribution in [0.5, 0.6) is 0 Å². The third kappa shape index (κ3) is 5.14. The number of hydrogen-bond donors (Lipinski definition) is 2. The van der Waals surface area contributed by atoms with Crippen molar-refractivity contribution in [1.29, 1.82) is 0 Å². The fraction of sp³-hybridized carbons (Fsp3) is 0.400. The maximum atomic E-state index is 5.78. The Morgan fingerprint density at radius 2 is 1.00 bits per heavy atom. The van der Waals surface area contributed by atoms with Crippen molar-refractivity contribution in [3.63, 3.8) is 0 Å². The first-order valence-electron chi connectivity index (χ1n) is 8.76. The van der Waals surface area contributed by atoms with Crippen LogP contribution in [-0.2, 0) is 12.8 Å². The van der Waals surface area contributed by atoms with E-state index in [2.05, 4.69) is 38.1 Å². The lowest BCUT2D eigenvalue weighted by Gasteiger charge is -2.30. The summed E-state index contributed by atoms with van der Waals surface area (Å²) in [6, 6.07) is 22.3. The lowest BCUT2D eigenvalue weighted by atomic mass is 10.1. The van der Waals surface area contributed by atoms with Crippen LogP contribution in [0.4, 0.5) is 11.4 Å². The summed E-state index contributed by atoms with van der Waals surface area (Å²) in [4.78, 5) is 0. The molecule has 0 aromatic heterocycles. The molecule has 0 unspecified atom stereocenters. The zero-order valence-electron chi connectivity index (χ0n) is 14.5. The number of hydrogen-bond acceptors (Lipinski definition) is 2. The average Bonchev–Trinajstić information content (AvgIpc) is 2.59. The van der Waals surface area contributed by atoms with Gasteiger partial charge in [-0.1, -0.05) is 62.3 Å². The highest BCUT2D eigenvalue weighted by atomic mass is 28.3. The predicted octanol–water partition coefficient (Wildman–Crippen LogP) is 5.12. The van der Waals surface area contributed by atoms with Crippen molar-refractivity contribution in [3.05, 3.63) is 59.7 Å². The Morgan fingerprint density at radius 3 is 1.30 bits per heavy atom. The van der Waals surface area contributed by atoms with E-state index in [0.29, 0.717) is 0 Å². The standard InChI is InChI=1S/C20H30N2Si/c1-3-23(4-2,15-13-17-5-9-19(21)10-6-17)16-14-18-7-11-20(22)12-8-18/h5-12H,3-4,13-16,21-22H2,1-2H3. The topological polar surface area (TPSA) is 52.0 Å². The van der Waals surface area contributed by atoms with E-state index in [4.69, 9.17) is 11.5 Å². The molecule has 0 amide bonds. The van der Waals surface area contributed by atoms with E-state index < -0.39 is 8.07 Å².